The van der Waals surface area contributed by atoms with Crippen molar-refractivity contribution >= 4 is 5.69 Å². The summed E-state index contributed by atoms with van der Waals surface area (Å²) in [7, 11) is 0. The molecule has 3 fully saturated rings. The molecule has 0 radical (unpaired) electrons. The van der Waals surface area contributed by atoms with Gasteiger partial charge in [-0.25, -0.2) is 0 Å². The van der Waals surface area contributed by atoms with E-state index >= 15 is 0 Å². The summed E-state index contributed by atoms with van der Waals surface area (Å²) in [4.78, 5) is 2.59. The van der Waals surface area contributed by atoms with Crippen molar-refractivity contribution in [2.45, 2.75) is 65.0 Å². The fourth-order valence-corrected chi connectivity index (χ4v) is 6.08. The van der Waals surface area contributed by atoms with Crippen LogP contribution in [0.1, 0.15) is 58.8 Å². The van der Waals surface area contributed by atoms with Crippen LogP contribution >= 0.6 is 0 Å². The van der Waals surface area contributed by atoms with Gasteiger partial charge in [0.15, 0.2) is 0 Å². The second-order valence-corrected chi connectivity index (χ2v) is 9.08. The summed E-state index contributed by atoms with van der Waals surface area (Å²) in [5, 5.41) is 3.78. The SMILES string of the molecule is CC(C)(CC1NCCN1c1ccccc1)C1CCC2CCCCC21. The second-order valence-electron chi connectivity index (χ2n) is 9.08. The van der Waals surface area contributed by atoms with E-state index in [0.717, 1.165) is 30.8 Å². The maximum absolute atomic E-state index is 3.78. The van der Waals surface area contributed by atoms with Crippen LogP contribution in [0.5, 0.6) is 0 Å². The Hall–Kier alpha value is -1.02. The summed E-state index contributed by atoms with van der Waals surface area (Å²) >= 11 is 0. The second kappa shape index (κ2) is 6.71. The van der Waals surface area contributed by atoms with Gasteiger partial charge in [-0.1, -0.05) is 51.3 Å². The van der Waals surface area contributed by atoms with Crippen molar-refractivity contribution < 1.29 is 0 Å². The van der Waals surface area contributed by atoms with E-state index in [1.165, 1.54) is 50.6 Å². The topological polar surface area (TPSA) is 15.3 Å². The Labute approximate surface area is 148 Å². The molecule has 24 heavy (non-hydrogen) atoms. The molecule has 2 nitrogen and oxygen atoms in total. The molecule has 0 spiro atoms. The van der Waals surface area contributed by atoms with Gasteiger partial charge < -0.3 is 4.90 Å². The largest absolute Gasteiger partial charge is 0.355 e. The first-order valence-electron chi connectivity index (χ1n) is 10.2. The average Bonchev–Trinajstić information content (AvgIpc) is 3.22. The van der Waals surface area contributed by atoms with Gasteiger partial charge in [-0.15, -0.1) is 0 Å². The van der Waals surface area contributed by atoms with Crippen molar-refractivity contribution in [2.75, 3.05) is 18.0 Å². The fourth-order valence-electron chi connectivity index (χ4n) is 6.08. The van der Waals surface area contributed by atoms with Crippen molar-refractivity contribution in [3.63, 3.8) is 0 Å². The van der Waals surface area contributed by atoms with E-state index in [-0.39, 0.29) is 0 Å². The van der Waals surface area contributed by atoms with Crippen LogP contribution in [0.4, 0.5) is 5.69 Å². The molecule has 0 aromatic heterocycles. The molecule has 2 saturated carbocycles. The highest BCUT2D eigenvalue weighted by Crippen LogP contribution is 2.53. The van der Waals surface area contributed by atoms with Crippen LogP contribution in [0, 0.1) is 23.2 Å². The molecule has 1 heterocycles. The van der Waals surface area contributed by atoms with E-state index in [1.807, 2.05) is 0 Å². The summed E-state index contributed by atoms with van der Waals surface area (Å²) in [5.41, 5.74) is 1.82. The Morgan fingerprint density at radius 2 is 1.83 bits per heavy atom. The van der Waals surface area contributed by atoms with Crippen LogP contribution in [0.25, 0.3) is 0 Å². The molecule has 1 N–H and O–H groups in total. The Kier molecular flexibility index (Phi) is 4.60. The highest BCUT2D eigenvalue weighted by Gasteiger charge is 2.45. The molecule has 2 heteroatoms. The number of benzene rings is 1. The zero-order valence-corrected chi connectivity index (χ0v) is 15.5. The molecular formula is C22H34N2. The van der Waals surface area contributed by atoms with E-state index in [1.54, 1.807) is 0 Å². The Morgan fingerprint density at radius 3 is 2.67 bits per heavy atom. The van der Waals surface area contributed by atoms with Crippen LogP contribution in [-0.4, -0.2) is 19.3 Å². The van der Waals surface area contributed by atoms with Gasteiger partial charge in [-0.2, -0.15) is 0 Å². The molecule has 4 rings (SSSR count). The fraction of sp³-hybridized carbons (Fsp3) is 0.727. The Bertz CT molecular complexity index is 538. The molecule has 4 atom stereocenters. The number of anilines is 1. The number of nitrogens with one attached hydrogen (secondary N) is 1. The van der Waals surface area contributed by atoms with Gasteiger partial charge in [-0.3, -0.25) is 5.32 Å². The molecule has 0 bridgehead atoms. The van der Waals surface area contributed by atoms with E-state index in [2.05, 4.69) is 54.4 Å². The lowest BCUT2D eigenvalue weighted by atomic mass is 9.66. The minimum absolute atomic E-state index is 0.436. The molecule has 1 aromatic carbocycles. The monoisotopic (exact) mass is 326 g/mol. The summed E-state index contributed by atoms with van der Waals surface area (Å²) in [6.45, 7) is 7.36. The lowest BCUT2D eigenvalue weighted by Gasteiger charge is -2.42. The number of hydrogen-bond donors (Lipinski definition) is 1. The number of fused-ring (bicyclic) bond motifs is 1. The maximum atomic E-state index is 3.78. The van der Waals surface area contributed by atoms with Crippen molar-refractivity contribution in [3.8, 4) is 0 Å². The van der Waals surface area contributed by atoms with Crippen LogP contribution < -0.4 is 10.2 Å². The van der Waals surface area contributed by atoms with Gasteiger partial charge in [0.2, 0.25) is 0 Å². The van der Waals surface area contributed by atoms with Crippen LogP contribution in [0.3, 0.4) is 0 Å². The van der Waals surface area contributed by atoms with E-state index in [0.29, 0.717) is 11.6 Å². The molecular weight excluding hydrogens is 292 g/mol. The zero-order valence-electron chi connectivity index (χ0n) is 15.5. The van der Waals surface area contributed by atoms with Crippen molar-refractivity contribution in [1.82, 2.24) is 5.32 Å². The average molecular weight is 327 g/mol. The third-order valence-electron chi connectivity index (χ3n) is 7.25. The first-order valence-corrected chi connectivity index (χ1v) is 10.2. The maximum Gasteiger partial charge on any atom is 0.0802 e. The van der Waals surface area contributed by atoms with Crippen LogP contribution in [-0.2, 0) is 0 Å². The molecule has 1 saturated heterocycles. The molecule has 1 aromatic rings. The molecule has 132 valence electrons. The smallest absolute Gasteiger partial charge is 0.0802 e. The summed E-state index contributed by atoms with van der Waals surface area (Å²) in [6.07, 6.45) is 10.7. The van der Waals surface area contributed by atoms with Gasteiger partial charge in [0.1, 0.15) is 0 Å². The van der Waals surface area contributed by atoms with Gasteiger partial charge in [0, 0.05) is 18.8 Å². The third kappa shape index (κ3) is 3.10. The van der Waals surface area contributed by atoms with E-state index in [9.17, 15) is 0 Å². The molecule has 4 unspecified atom stereocenters. The summed E-state index contributed by atoms with van der Waals surface area (Å²) < 4.78 is 0. The third-order valence-corrected chi connectivity index (χ3v) is 7.25. The van der Waals surface area contributed by atoms with Crippen molar-refractivity contribution in [2.24, 2.45) is 23.2 Å². The minimum Gasteiger partial charge on any atom is -0.355 e. The lowest BCUT2D eigenvalue weighted by molar-refractivity contribution is 0.101. The van der Waals surface area contributed by atoms with Crippen LogP contribution in [0.15, 0.2) is 30.3 Å². The number of hydrogen-bond acceptors (Lipinski definition) is 2. The standard InChI is InChI=1S/C22H34N2/c1-22(2,20-13-12-17-8-6-7-11-19(17)20)16-21-23-14-15-24(21)18-9-4-3-5-10-18/h3-5,9-10,17,19-21,23H,6-8,11-16H2,1-2H3. The quantitative estimate of drug-likeness (QED) is 0.832. The predicted octanol–water partition coefficient (Wildman–Crippen LogP) is 5.06. The predicted molar refractivity (Wildman–Crippen MR) is 102 cm³/mol. The number of rotatable bonds is 4. The Morgan fingerprint density at radius 1 is 1.04 bits per heavy atom. The summed E-state index contributed by atoms with van der Waals surface area (Å²) in [5.74, 6) is 2.99. The van der Waals surface area contributed by atoms with Gasteiger partial charge in [0.05, 0.1) is 6.17 Å². The Balaban J connectivity index is 1.47. The molecule has 1 aliphatic heterocycles. The van der Waals surface area contributed by atoms with Gasteiger partial charge in [-0.05, 0) is 61.0 Å². The van der Waals surface area contributed by atoms with E-state index in [4.69, 9.17) is 0 Å². The minimum atomic E-state index is 0.436. The molecule has 0 amide bonds. The molecule has 2 aliphatic carbocycles. The normalized spacial score (nSPS) is 33.7. The number of para-hydroxylation sites is 1. The van der Waals surface area contributed by atoms with Crippen LogP contribution in [0.2, 0.25) is 0 Å². The zero-order chi connectivity index (χ0) is 16.6. The first-order chi connectivity index (χ1) is 11.6. The van der Waals surface area contributed by atoms with Crippen molar-refractivity contribution in [3.05, 3.63) is 30.3 Å². The first kappa shape index (κ1) is 16.4. The highest BCUT2D eigenvalue weighted by molar-refractivity contribution is 5.48. The number of nitrogens with zero attached hydrogens (tertiary/aromatic N) is 1. The van der Waals surface area contributed by atoms with Gasteiger partial charge in [0.25, 0.3) is 0 Å². The highest BCUT2D eigenvalue weighted by atomic mass is 15.3. The lowest BCUT2D eigenvalue weighted by Crippen LogP contribution is -2.42. The van der Waals surface area contributed by atoms with Crippen molar-refractivity contribution in [1.29, 1.82) is 0 Å². The molecule has 3 aliphatic rings. The van der Waals surface area contributed by atoms with Gasteiger partial charge >= 0.3 is 0 Å². The van der Waals surface area contributed by atoms with E-state index < -0.39 is 0 Å². The summed E-state index contributed by atoms with van der Waals surface area (Å²) in [6, 6.07) is 11.0.